The molecule has 6 nitrogen and oxygen atoms in total. The van der Waals surface area contributed by atoms with E-state index in [-0.39, 0.29) is 18.0 Å². The first kappa shape index (κ1) is 23.8. The van der Waals surface area contributed by atoms with Crippen LogP contribution in [0.25, 0.3) is 11.3 Å². The molecule has 1 unspecified atom stereocenters. The average Bonchev–Trinajstić information content (AvgIpc) is 3.21. The van der Waals surface area contributed by atoms with E-state index in [2.05, 4.69) is 4.98 Å². The first-order chi connectivity index (χ1) is 17.0. The number of primary amides is 1. The van der Waals surface area contributed by atoms with E-state index in [0.717, 1.165) is 16.5 Å². The molecule has 2 amide bonds. The Morgan fingerprint density at radius 2 is 1.86 bits per heavy atom. The quantitative estimate of drug-likeness (QED) is 0.545. The van der Waals surface area contributed by atoms with Gasteiger partial charge in [0.15, 0.2) is 0 Å². The third-order valence-electron chi connectivity index (χ3n) is 6.95. The second-order valence-electron chi connectivity index (χ2n) is 9.78. The van der Waals surface area contributed by atoms with E-state index < -0.39 is 47.9 Å². The lowest BCUT2D eigenvalue weighted by Gasteiger charge is -2.36. The summed E-state index contributed by atoms with van der Waals surface area (Å²) in [7, 11) is 0. The van der Waals surface area contributed by atoms with Gasteiger partial charge in [0.1, 0.15) is 11.6 Å². The fraction of sp³-hybridized carbons (Fsp3) is 0.296. The van der Waals surface area contributed by atoms with Gasteiger partial charge in [-0.2, -0.15) is 0 Å². The Balaban J connectivity index is 1.50. The molecule has 1 atom stereocenters. The monoisotopic (exact) mass is 495 g/mol. The number of amides is 2. The third-order valence-corrected chi connectivity index (χ3v) is 6.95. The van der Waals surface area contributed by atoms with E-state index in [1.54, 1.807) is 32.0 Å². The first-order valence-corrected chi connectivity index (χ1v) is 11.5. The maximum atomic E-state index is 14.9. The predicted octanol–water partition coefficient (Wildman–Crippen LogP) is 5.12. The number of benzene rings is 2. The number of likely N-dealkylation sites (tertiary alicyclic amines) is 1. The molecule has 0 spiro atoms. The Labute approximate surface area is 205 Å². The number of halogens is 3. The highest BCUT2D eigenvalue weighted by molar-refractivity contribution is 5.95. The van der Waals surface area contributed by atoms with Gasteiger partial charge in [-0.1, -0.05) is 44.2 Å². The minimum Gasteiger partial charge on any atom is -0.438 e. The summed E-state index contributed by atoms with van der Waals surface area (Å²) in [6.07, 6.45) is -0.436. The zero-order chi connectivity index (χ0) is 25.8. The number of pyridine rings is 1. The molecule has 1 saturated heterocycles. The summed E-state index contributed by atoms with van der Waals surface area (Å²) >= 11 is 0. The number of hydrogen-bond donors (Lipinski definition) is 1. The van der Waals surface area contributed by atoms with Crippen LogP contribution in [0.3, 0.4) is 0 Å². The minimum absolute atomic E-state index is 0.124. The van der Waals surface area contributed by atoms with Crippen LogP contribution in [0.1, 0.15) is 47.7 Å². The fourth-order valence-corrected chi connectivity index (χ4v) is 4.84. The zero-order valence-corrected chi connectivity index (χ0v) is 19.7. The van der Waals surface area contributed by atoms with E-state index >= 15 is 0 Å². The summed E-state index contributed by atoms with van der Waals surface area (Å²) in [5, 5.41) is 0. The van der Waals surface area contributed by atoms with E-state index in [0.29, 0.717) is 22.6 Å². The van der Waals surface area contributed by atoms with Crippen molar-refractivity contribution >= 4 is 11.8 Å². The zero-order valence-electron chi connectivity index (χ0n) is 19.7. The number of aromatic nitrogens is 1. The molecule has 0 radical (unpaired) electrons. The number of carbonyl (C=O) groups excluding carboxylic acids is 2. The molecule has 0 aliphatic carbocycles. The molecule has 1 fully saturated rings. The number of alkyl halides is 2. The molecule has 186 valence electrons. The number of nitrogens with two attached hydrogens (primary N) is 1. The van der Waals surface area contributed by atoms with Gasteiger partial charge in [0.2, 0.25) is 11.8 Å². The van der Waals surface area contributed by atoms with Crippen LogP contribution in [0, 0.1) is 11.2 Å². The second-order valence-corrected chi connectivity index (χ2v) is 9.78. The Morgan fingerprint density at radius 1 is 1.11 bits per heavy atom. The maximum absolute atomic E-state index is 14.9. The van der Waals surface area contributed by atoms with Gasteiger partial charge in [-0.15, -0.1) is 0 Å². The van der Waals surface area contributed by atoms with Crippen molar-refractivity contribution < 1.29 is 27.5 Å². The van der Waals surface area contributed by atoms with Crippen LogP contribution >= 0.6 is 0 Å². The largest absolute Gasteiger partial charge is 0.438 e. The van der Waals surface area contributed by atoms with Gasteiger partial charge in [-0.3, -0.25) is 9.59 Å². The smallest absolute Gasteiger partial charge is 0.267 e. The summed E-state index contributed by atoms with van der Waals surface area (Å²) in [5.74, 6) is -4.63. The molecule has 3 aromatic rings. The van der Waals surface area contributed by atoms with Crippen LogP contribution < -0.4 is 10.5 Å². The lowest BCUT2D eigenvalue weighted by molar-refractivity contribution is -0.126. The molecule has 1 aromatic heterocycles. The molecule has 2 aromatic carbocycles. The molecule has 2 N–H and O–H groups in total. The molecule has 2 aliphatic rings. The fourth-order valence-electron chi connectivity index (χ4n) is 4.84. The van der Waals surface area contributed by atoms with Crippen LogP contribution in [0.15, 0.2) is 54.6 Å². The first-order valence-electron chi connectivity index (χ1n) is 11.5. The number of fused-ring (bicyclic) bond motifs is 2. The van der Waals surface area contributed by atoms with Crippen LogP contribution in [0.2, 0.25) is 0 Å². The van der Waals surface area contributed by atoms with E-state index in [1.807, 2.05) is 18.2 Å². The Kier molecular flexibility index (Phi) is 5.54. The van der Waals surface area contributed by atoms with Crippen molar-refractivity contribution in [3.05, 3.63) is 77.1 Å². The van der Waals surface area contributed by atoms with Crippen LogP contribution in [-0.2, 0) is 4.79 Å². The van der Waals surface area contributed by atoms with E-state index in [1.165, 1.54) is 12.1 Å². The van der Waals surface area contributed by atoms with Crippen molar-refractivity contribution in [2.75, 3.05) is 13.1 Å². The van der Waals surface area contributed by atoms with Crippen molar-refractivity contribution in [2.24, 2.45) is 11.1 Å². The SMILES string of the molecule is CC(C)(C(N)=O)C1c2ccccc2Oc2nc(-c3ccc(C(=O)N4CCC(F)(F)C4)c(F)c3)ccc21. The Morgan fingerprint density at radius 3 is 2.53 bits per heavy atom. The van der Waals surface area contributed by atoms with Gasteiger partial charge in [0.05, 0.1) is 23.2 Å². The highest BCUT2D eigenvalue weighted by Crippen LogP contribution is 2.51. The van der Waals surface area contributed by atoms with E-state index in [9.17, 15) is 22.8 Å². The molecular weight excluding hydrogens is 471 g/mol. The molecule has 3 heterocycles. The van der Waals surface area contributed by atoms with Gasteiger partial charge in [0, 0.05) is 35.6 Å². The number of para-hydroxylation sites is 1. The summed E-state index contributed by atoms with van der Waals surface area (Å²) in [6, 6.07) is 14.7. The molecular formula is C27H24F3N3O3. The van der Waals surface area contributed by atoms with Crippen molar-refractivity contribution in [3.63, 3.8) is 0 Å². The lowest BCUT2D eigenvalue weighted by atomic mass is 9.70. The number of ether oxygens (including phenoxy) is 1. The van der Waals surface area contributed by atoms with E-state index in [4.69, 9.17) is 10.5 Å². The van der Waals surface area contributed by atoms with Gasteiger partial charge in [-0.05, 0) is 24.3 Å². The van der Waals surface area contributed by atoms with Crippen molar-refractivity contribution in [2.45, 2.75) is 32.1 Å². The second kappa shape index (κ2) is 8.36. The number of rotatable bonds is 4. The normalized spacial score (nSPS) is 18.2. The van der Waals surface area contributed by atoms with Crippen LogP contribution in [-0.4, -0.2) is 40.7 Å². The number of nitrogens with zero attached hydrogens (tertiary/aromatic N) is 2. The Hall–Kier alpha value is -3.88. The van der Waals surface area contributed by atoms with Crippen LogP contribution in [0.4, 0.5) is 13.2 Å². The molecule has 5 rings (SSSR count). The summed E-state index contributed by atoms with van der Waals surface area (Å²) in [5.41, 5.74) is 6.76. The predicted molar refractivity (Wildman–Crippen MR) is 126 cm³/mol. The topological polar surface area (TPSA) is 85.5 Å². The maximum Gasteiger partial charge on any atom is 0.267 e. The van der Waals surface area contributed by atoms with Gasteiger partial charge in [0.25, 0.3) is 11.8 Å². The highest BCUT2D eigenvalue weighted by atomic mass is 19.3. The lowest BCUT2D eigenvalue weighted by Crippen LogP contribution is -2.38. The van der Waals surface area contributed by atoms with Gasteiger partial charge in [-0.25, -0.2) is 18.2 Å². The molecule has 0 bridgehead atoms. The third kappa shape index (κ3) is 3.98. The van der Waals surface area contributed by atoms with Gasteiger partial charge < -0.3 is 15.4 Å². The Bertz CT molecular complexity index is 1390. The van der Waals surface area contributed by atoms with Crippen LogP contribution in [0.5, 0.6) is 11.6 Å². The summed E-state index contributed by atoms with van der Waals surface area (Å²) < 4.78 is 48.0. The van der Waals surface area contributed by atoms with Crippen molar-refractivity contribution in [3.8, 4) is 22.9 Å². The summed E-state index contributed by atoms with van der Waals surface area (Å²) in [4.78, 5) is 30.4. The van der Waals surface area contributed by atoms with Gasteiger partial charge >= 0.3 is 0 Å². The summed E-state index contributed by atoms with van der Waals surface area (Å²) in [6.45, 7) is 2.68. The number of carbonyl (C=O) groups is 2. The standard InChI is InChI=1S/C27H24F3N3O3/c1-26(2,25(31)35)22-17-5-3-4-6-21(17)36-23-18(22)9-10-20(32-23)15-7-8-16(19(28)13-15)24(34)33-12-11-27(29,30)14-33/h3-10,13,22H,11-12,14H2,1-2H3,(H2,31,35). The average molecular weight is 496 g/mol. The molecule has 0 saturated carbocycles. The molecule has 36 heavy (non-hydrogen) atoms. The molecule has 2 aliphatic heterocycles. The number of hydrogen-bond acceptors (Lipinski definition) is 4. The van der Waals surface area contributed by atoms with Crippen molar-refractivity contribution in [1.29, 1.82) is 0 Å². The molecule has 9 heteroatoms. The van der Waals surface area contributed by atoms with Crippen molar-refractivity contribution in [1.82, 2.24) is 9.88 Å². The highest BCUT2D eigenvalue weighted by Gasteiger charge is 2.43. The minimum atomic E-state index is -2.96.